The maximum Gasteiger partial charge on any atom is 0.264 e. The molecule has 0 radical (unpaired) electrons. The molecule has 1 N–H and O–H groups in total. The molecule has 5 rings (SSSR count). The fourth-order valence-corrected chi connectivity index (χ4v) is 6.07. The molecule has 40 heavy (non-hydrogen) atoms. The van der Waals surface area contributed by atoms with Gasteiger partial charge in [0.05, 0.1) is 10.6 Å². The van der Waals surface area contributed by atoms with Crippen molar-refractivity contribution < 1.29 is 9.53 Å². The Balaban J connectivity index is 1.32. The maximum absolute atomic E-state index is 12.8. The standard InChI is InChI=1S/C31H26BrCl2N3O2S/c1-17-11-24(12-18(2)29(17)32)35-31-36-30(38)28(40-31)14-22-13-19(3)37(20(22)4)25-7-9-26(10-8-25)39-16-21-5-6-23(33)15-27(21)34/h5-15H,16H2,1-4H3,(H,35,36,38)/b28-14-. The topological polar surface area (TPSA) is 55.6 Å². The number of amides is 1. The summed E-state index contributed by atoms with van der Waals surface area (Å²) in [4.78, 5) is 18.0. The number of thioether (sulfide) groups is 1. The van der Waals surface area contributed by atoms with Gasteiger partial charge in [0.15, 0.2) is 5.17 Å². The molecule has 4 aromatic rings. The molecule has 3 aromatic carbocycles. The number of amidine groups is 1. The quantitative estimate of drug-likeness (QED) is 0.211. The zero-order chi connectivity index (χ0) is 28.6. The fourth-order valence-electron chi connectivity index (χ4n) is 4.55. The lowest BCUT2D eigenvalue weighted by Gasteiger charge is -2.12. The van der Waals surface area contributed by atoms with Crippen molar-refractivity contribution in [1.29, 1.82) is 0 Å². The van der Waals surface area contributed by atoms with Crippen LogP contribution in [0.4, 0.5) is 5.69 Å². The van der Waals surface area contributed by atoms with Crippen LogP contribution in [0, 0.1) is 27.7 Å². The van der Waals surface area contributed by atoms with E-state index in [4.69, 9.17) is 27.9 Å². The van der Waals surface area contributed by atoms with E-state index in [9.17, 15) is 4.79 Å². The normalized spacial score (nSPS) is 15.2. The highest BCUT2D eigenvalue weighted by Gasteiger charge is 2.25. The molecule has 0 atom stereocenters. The van der Waals surface area contributed by atoms with E-state index >= 15 is 0 Å². The summed E-state index contributed by atoms with van der Waals surface area (Å²) < 4.78 is 9.16. The first-order valence-corrected chi connectivity index (χ1v) is 14.9. The summed E-state index contributed by atoms with van der Waals surface area (Å²) in [5.41, 5.74) is 7.95. The number of aromatic nitrogens is 1. The summed E-state index contributed by atoms with van der Waals surface area (Å²) in [5.74, 6) is 0.586. The molecule has 2 heterocycles. The number of nitrogens with one attached hydrogen (secondary N) is 1. The van der Waals surface area contributed by atoms with Crippen LogP contribution in [-0.2, 0) is 11.4 Å². The van der Waals surface area contributed by atoms with Crippen molar-refractivity contribution in [1.82, 2.24) is 9.88 Å². The van der Waals surface area contributed by atoms with Gasteiger partial charge in [0.25, 0.3) is 5.91 Å². The summed E-state index contributed by atoms with van der Waals surface area (Å²) in [5, 5.41) is 4.64. The molecule has 0 aliphatic carbocycles. The van der Waals surface area contributed by atoms with Gasteiger partial charge in [-0.1, -0.05) is 45.2 Å². The van der Waals surface area contributed by atoms with Crippen LogP contribution in [0.3, 0.4) is 0 Å². The van der Waals surface area contributed by atoms with E-state index in [0.29, 0.717) is 26.7 Å². The minimum Gasteiger partial charge on any atom is -0.489 e. The molecule has 1 saturated heterocycles. The number of rotatable bonds is 6. The highest BCUT2D eigenvalue weighted by molar-refractivity contribution is 9.10. The first-order chi connectivity index (χ1) is 19.1. The number of carbonyl (C=O) groups is 1. The van der Waals surface area contributed by atoms with Gasteiger partial charge >= 0.3 is 0 Å². The molecule has 1 amide bonds. The second-order valence-electron chi connectivity index (χ2n) is 9.56. The minimum absolute atomic E-state index is 0.151. The zero-order valence-electron chi connectivity index (χ0n) is 22.3. The number of halogens is 3. The van der Waals surface area contributed by atoms with Crippen LogP contribution in [0.25, 0.3) is 11.8 Å². The third-order valence-corrected chi connectivity index (χ3v) is 9.31. The molecular formula is C31H26BrCl2N3O2S. The summed E-state index contributed by atoms with van der Waals surface area (Å²) in [6.07, 6.45) is 1.92. The van der Waals surface area contributed by atoms with Crippen LogP contribution in [0.1, 0.15) is 33.6 Å². The Hall–Kier alpha value is -2.97. The Morgan fingerprint density at radius 3 is 2.38 bits per heavy atom. The van der Waals surface area contributed by atoms with Gasteiger partial charge in [-0.2, -0.15) is 0 Å². The smallest absolute Gasteiger partial charge is 0.264 e. The average molecular weight is 655 g/mol. The molecule has 204 valence electrons. The Bertz CT molecular complexity index is 1670. The zero-order valence-corrected chi connectivity index (χ0v) is 26.2. The lowest BCUT2D eigenvalue weighted by atomic mass is 10.1. The van der Waals surface area contributed by atoms with E-state index in [1.165, 1.54) is 11.8 Å². The van der Waals surface area contributed by atoms with Gasteiger partial charge in [-0.3, -0.25) is 4.79 Å². The van der Waals surface area contributed by atoms with Crippen LogP contribution in [0.2, 0.25) is 10.0 Å². The van der Waals surface area contributed by atoms with Crippen LogP contribution in [-0.4, -0.2) is 15.6 Å². The molecule has 0 saturated carbocycles. The summed E-state index contributed by atoms with van der Waals surface area (Å²) >= 11 is 17.2. The van der Waals surface area contributed by atoms with E-state index in [-0.39, 0.29) is 5.91 Å². The van der Waals surface area contributed by atoms with Crippen molar-refractivity contribution >= 4 is 73.7 Å². The molecule has 5 nitrogen and oxygen atoms in total. The summed E-state index contributed by atoms with van der Waals surface area (Å²) in [7, 11) is 0. The molecule has 0 bridgehead atoms. The number of hydrogen-bond donors (Lipinski definition) is 1. The Morgan fingerprint density at radius 1 is 1.00 bits per heavy atom. The largest absolute Gasteiger partial charge is 0.489 e. The third-order valence-electron chi connectivity index (χ3n) is 6.56. The van der Waals surface area contributed by atoms with Crippen molar-refractivity contribution in [2.45, 2.75) is 34.3 Å². The van der Waals surface area contributed by atoms with Crippen LogP contribution < -0.4 is 10.1 Å². The molecule has 0 spiro atoms. The van der Waals surface area contributed by atoms with Gasteiger partial charge in [-0.05, 0) is 117 Å². The number of benzene rings is 3. The number of carbonyl (C=O) groups excluding carboxylic acids is 1. The first-order valence-electron chi connectivity index (χ1n) is 12.5. The SMILES string of the molecule is Cc1cc(N=C2NC(=O)/C(=C/c3cc(C)n(-c4ccc(OCc5ccc(Cl)cc5Cl)cc4)c3C)S2)cc(C)c1Br. The fraction of sp³-hybridized carbons (Fsp3) is 0.161. The van der Waals surface area contributed by atoms with Gasteiger partial charge < -0.3 is 14.6 Å². The van der Waals surface area contributed by atoms with Crippen molar-refractivity contribution in [2.75, 3.05) is 0 Å². The van der Waals surface area contributed by atoms with E-state index in [1.54, 1.807) is 12.1 Å². The van der Waals surface area contributed by atoms with Gasteiger partial charge in [-0.15, -0.1) is 0 Å². The Kier molecular flexibility index (Phi) is 8.47. The highest BCUT2D eigenvalue weighted by Crippen LogP contribution is 2.33. The van der Waals surface area contributed by atoms with E-state index in [0.717, 1.165) is 55.2 Å². The third kappa shape index (κ3) is 6.18. The van der Waals surface area contributed by atoms with Crippen molar-refractivity contribution in [3.8, 4) is 11.4 Å². The van der Waals surface area contributed by atoms with Gasteiger partial charge in [0.2, 0.25) is 0 Å². The van der Waals surface area contributed by atoms with Gasteiger partial charge in [0.1, 0.15) is 12.4 Å². The van der Waals surface area contributed by atoms with Crippen molar-refractivity contribution in [3.63, 3.8) is 0 Å². The molecule has 1 aliphatic heterocycles. The van der Waals surface area contributed by atoms with E-state index < -0.39 is 0 Å². The van der Waals surface area contributed by atoms with Crippen molar-refractivity contribution in [3.05, 3.63) is 114 Å². The minimum atomic E-state index is -0.151. The lowest BCUT2D eigenvalue weighted by molar-refractivity contribution is -0.115. The number of nitrogens with zero attached hydrogens (tertiary/aromatic N) is 2. The monoisotopic (exact) mass is 653 g/mol. The molecule has 9 heteroatoms. The second-order valence-corrected chi connectivity index (χ2v) is 12.2. The Morgan fingerprint density at radius 2 is 1.70 bits per heavy atom. The van der Waals surface area contributed by atoms with Crippen LogP contribution in [0.15, 0.2) is 75.0 Å². The van der Waals surface area contributed by atoms with Gasteiger partial charge in [-0.25, -0.2) is 4.99 Å². The molecule has 1 aromatic heterocycles. The highest BCUT2D eigenvalue weighted by atomic mass is 79.9. The first kappa shape index (κ1) is 28.6. The molecule has 1 aliphatic rings. The summed E-state index contributed by atoms with van der Waals surface area (Å²) in [6, 6.07) is 19.3. The molecule has 1 fully saturated rings. The second kappa shape index (κ2) is 11.9. The number of ether oxygens (including phenoxy) is 1. The lowest BCUT2D eigenvalue weighted by Crippen LogP contribution is -2.19. The summed E-state index contributed by atoms with van der Waals surface area (Å²) in [6.45, 7) is 8.50. The van der Waals surface area contributed by atoms with Crippen molar-refractivity contribution in [2.24, 2.45) is 4.99 Å². The molecule has 0 unspecified atom stereocenters. The molecular weight excluding hydrogens is 629 g/mol. The van der Waals surface area contributed by atoms with E-state index in [2.05, 4.69) is 43.8 Å². The Labute approximate surface area is 256 Å². The van der Waals surface area contributed by atoms with E-state index in [1.807, 2.05) is 69.3 Å². The van der Waals surface area contributed by atoms with Crippen LogP contribution in [0.5, 0.6) is 5.75 Å². The predicted octanol–water partition coefficient (Wildman–Crippen LogP) is 9.25. The maximum atomic E-state index is 12.8. The predicted molar refractivity (Wildman–Crippen MR) is 170 cm³/mol. The number of aryl methyl sites for hydroxylation is 3. The average Bonchev–Trinajstić information content (AvgIpc) is 3.39. The number of hydrogen-bond acceptors (Lipinski definition) is 4. The van der Waals surface area contributed by atoms with Gasteiger partial charge in [0, 0.05) is 37.2 Å². The number of aliphatic imine (C=N–C) groups is 1. The van der Waals surface area contributed by atoms with Crippen LogP contribution >= 0.6 is 50.9 Å².